The minimum atomic E-state index is 0.669. The van der Waals surface area contributed by atoms with E-state index in [0.717, 1.165) is 6.54 Å². The lowest BCUT2D eigenvalue weighted by molar-refractivity contribution is 0.579. The van der Waals surface area contributed by atoms with Crippen LogP contribution >= 0.6 is 0 Å². The third-order valence-electron chi connectivity index (χ3n) is 3.23. The highest BCUT2D eigenvalue weighted by Gasteiger charge is 2.14. The van der Waals surface area contributed by atoms with Crippen LogP contribution in [0.25, 0.3) is 6.08 Å². The lowest BCUT2D eigenvalue weighted by atomic mass is 9.92. The van der Waals surface area contributed by atoms with Crippen LogP contribution in [-0.2, 0) is 0 Å². The van der Waals surface area contributed by atoms with Crippen LogP contribution in [0, 0.1) is 6.92 Å². The van der Waals surface area contributed by atoms with Gasteiger partial charge in [-0.3, -0.25) is 0 Å². The monoisotopic (exact) mass is 220 g/mol. The van der Waals surface area contributed by atoms with Gasteiger partial charge in [-0.05, 0) is 63.4 Å². The fourth-order valence-electron chi connectivity index (χ4n) is 2.19. The molecule has 0 radical (unpaired) electrons. The summed E-state index contributed by atoms with van der Waals surface area (Å²) < 4.78 is 0. The molecule has 0 aromatic carbocycles. The Morgan fingerprint density at radius 2 is 2.25 bits per heavy atom. The number of aromatic nitrogens is 1. The Labute approximate surface area is 99.2 Å². The van der Waals surface area contributed by atoms with Gasteiger partial charge in [-0.2, -0.15) is 0 Å². The highest BCUT2D eigenvalue weighted by molar-refractivity contribution is 5.52. The Morgan fingerprint density at radius 3 is 2.81 bits per heavy atom. The molecule has 1 aromatic heterocycles. The molecule has 0 fully saturated rings. The number of hydrogen-bond acceptors (Lipinski definition) is 1. The zero-order valence-corrected chi connectivity index (χ0v) is 10.9. The van der Waals surface area contributed by atoms with Crippen LogP contribution in [0.15, 0.2) is 12.3 Å². The van der Waals surface area contributed by atoms with E-state index in [1.54, 1.807) is 0 Å². The quantitative estimate of drug-likeness (QED) is 0.755. The lowest BCUT2D eigenvalue weighted by Crippen LogP contribution is -2.12. The molecule has 0 amide bonds. The molecule has 1 aromatic rings. The average Bonchev–Trinajstić information content (AvgIpc) is 2.64. The van der Waals surface area contributed by atoms with Crippen molar-refractivity contribution >= 4 is 6.08 Å². The number of rotatable bonds is 6. The predicted octanol–water partition coefficient (Wildman–Crippen LogP) is 3.46. The van der Waals surface area contributed by atoms with E-state index in [1.165, 1.54) is 29.7 Å². The SMILES string of the molecule is C/C=C\c1[nH]cc(C(CC)CCNC)c1C. The Bertz CT molecular complexity index is 337. The molecule has 0 saturated heterocycles. The first-order valence-corrected chi connectivity index (χ1v) is 6.19. The average molecular weight is 220 g/mol. The summed E-state index contributed by atoms with van der Waals surface area (Å²) in [6.45, 7) is 7.62. The van der Waals surface area contributed by atoms with E-state index >= 15 is 0 Å². The summed E-state index contributed by atoms with van der Waals surface area (Å²) >= 11 is 0. The van der Waals surface area contributed by atoms with Crippen molar-refractivity contribution in [3.8, 4) is 0 Å². The first kappa shape index (κ1) is 13.0. The van der Waals surface area contributed by atoms with Crippen molar-refractivity contribution in [3.05, 3.63) is 29.1 Å². The molecule has 0 aliphatic rings. The van der Waals surface area contributed by atoms with Crippen molar-refractivity contribution in [3.63, 3.8) is 0 Å². The van der Waals surface area contributed by atoms with E-state index in [2.05, 4.69) is 49.4 Å². The van der Waals surface area contributed by atoms with E-state index in [1.807, 2.05) is 7.05 Å². The summed E-state index contributed by atoms with van der Waals surface area (Å²) in [4.78, 5) is 3.36. The topological polar surface area (TPSA) is 27.8 Å². The van der Waals surface area contributed by atoms with Crippen LogP contribution in [-0.4, -0.2) is 18.6 Å². The van der Waals surface area contributed by atoms with Crippen molar-refractivity contribution in [1.29, 1.82) is 0 Å². The van der Waals surface area contributed by atoms with Gasteiger partial charge in [0.05, 0.1) is 0 Å². The maximum atomic E-state index is 3.36. The molecule has 1 unspecified atom stereocenters. The van der Waals surface area contributed by atoms with Crippen LogP contribution in [0.4, 0.5) is 0 Å². The van der Waals surface area contributed by atoms with Gasteiger partial charge in [-0.15, -0.1) is 0 Å². The number of hydrogen-bond donors (Lipinski definition) is 2. The van der Waals surface area contributed by atoms with Crippen molar-refractivity contribution in [2.75, 3.05) is 13.6 Å². The van der Waals surface area contributed by atoms with Gasteiger partial charge in [-0.1, -0.05) is 13.0 Å². The third kappa shape index (κ3) is 2.99. The van der Waals surface area contributed by atoms with Crippen LogP contribution in [0.1, 0.15) is 49.4 Å². The Morgan fingerprint density at radius 1 is 1.50 bits per heavy atom. The molecule has 1 heterocycles. The van der Waals surface area contributed by atoms with Gasteiger partial charge in [0, 0.05) is 11.9 Å². The normalized spacial score (nSPS) is 13.5. The van der Waals surface area contributed by atoms with Gasteiger partial charge < -0.3 is 10.3 Å². The fourth-order valence-corrected chi connectivity index (χ4v) is 2.19. The van der Waals surface area contributed by atoms with Gasteiger partial charge >= 0.3 is 0 Å². The largest absolute Gasteiger partial charge is 0.361 e. The van der Waals surface area contributed by atoms with E-state index in [-0.39, 0.29) is 0 Å². The van der Waals surface area contributed by atoms with E-state index in [0.29, 0.717) is 5.92 Å². The lowest BCUT2D eigenvalue weighted by Gasteiger charge is -2.14. The van der Waals surface area contributed by atoms with Crippen LogP contribution in [0.2, 0.25) is 0 Å². The second-order valence-electron chi connectivity index (χ2n) is 4.28. The molecule has 1 atom stereocenters. The highest BCUT2D eigenvalue weighted by Crippen LogP contribution is 2.28. The van der Waals surface area contributed by atoms with Gasteiger partial charge in [0.2, 0.25) is 0 Å². The second kappa shape index (κ2) is 6.54. The summed E-state index contributed by atoms with van der Waals surface area (Å²) in [5, 5.41) is 3.23. The number of H-pyrrole nitrogens is 1. The van der Waals surface area contributed by atoms with Gasteiger partial charge in [0.15, 0.2) is 0 Å². The number of aromatic amines is 1. The van der Waals surface area contributed by atoms with Gasteiger partial charge in [-0.25, -0.2) is 0 Å². The standard InChI is InChI=1S/C14H24N2/c1-5-7-14-11(3)13(10-16-14)12(6-2)8-9-15-4/h5,7,10,12,15-16H,6,8-9H2,1-4H3/b7-5-. The maximum Gasteiger partial charge on any atom is 0.0409 e. The molecule has 0 saturated carbocycles. The van der Waals surface area contributed by atoms with Crippen molar-refractivity contribution < 1.29 is 0 Å². The molecule has 0 spiro atoms. The van der Waals surface area contributed by atoms with Crippen molar-refractivity contribution in [1.82, 2.24) is 10.3 Å². The molecule has 2 heteroatoms. The zero-order chi connectivity index (χ0) is 12.0. The van der Waals surface area contributed by atoms with Crippen LogP contribution in [0.5, 0.6) is 0 Å². The molecule has 0 aliphatic carbocycles. The molecule has 2 N–H and O–H groups in total. The summed E-state index contributed by atoms with van der Waals surface area (Å²) in [6, 6.07) is 0. The fraction of sp³-hybridized carbons (Fsp3) is 0.571. The van der Waals surface area contributed by atoms with Crippen LogP contribution in [0.3, 0.4) is 0 Å². The zero-order valence-electron chi connectivity index (χ0n) is 10.9. The first-order chi connectivity index (χ1) is 7.74. The second-order valence-corrected chi connectivity index (χ2v) is 4.28. The molecule has 0 bridgehead atoms. The number of allylic oxidation sites excluding steroid dienone is 1. The Hall–Kier alpha value is -1.02. The molecule has 16 heavy (non-hydrogen) atoms. The molecule has 0 aliphatic heterocycles. The van der Waals surface area contributed by atoms with E-state index in [9.17, 15) is 0 Å². The summed E-state index contributed by atoms with van der Waals surface area (Å²) in [5.74, 6) is 0.669. The smallest absolute Gasteiger partial charge is 0.0409 e. The molecular formula is C14H24N2. The van der Waals surface area contributed by atoms with Crippen molar-refractivity contribution in [2.24, 2.45) is 0 Å². The third-order valence-corrected chi connectivity index (χ3v) is 3.23. The van der Waals surface area contributed by atoms with Crippen molar-refractivity contribution in [2.45, 2.75) is 39.5 Å². The molecule has 2 nitrogen and oxygen atoms in total. The number of nitrogens with one attached hydrogen (secondary N) is 2. The molecular weight excluding hydrogens is 196 g/mol. The van der Waals surface area contributed by atoms with E-state index in [4.69, 9.17) is 0 Å². The van der Waals surface area contributed by atoms with E-state index < -0.39 is 0 Å². The molecule has 90 valence electrons. The predicted molar refractivity (Wildman–Crippen MR) is 71.8 cm³/mol. The van der Waals surface area contributed by atoms with Gasteiger partial charge in [0.1, 0.15) is 0 Å². The minimum absolute atomic E-state index is 0.669. The van der Waals surface area contributed by atoms with Gasteiger partial charge in [0.25, 0.3) is 0 Å². The Balaban J connectivity index is 2.84. The maximum absolute atomic E-state index is 3.36. The first-order valence-electron chi connectivity index (χ1n) is 6.19. The van der Waals surface area contributed by atoms with Crippen LogP contribution < -0.4 is 5.32 Å². The summed E-state index contributed by atoms with van der Waals surface area (Å²) in [7, 11) is 2.02. The summed E-state index contributed by atoms with van der Waals surface area (Å²) in [5.41, 5.74) is 4.13. The highest BCUT2D eigenvalue weighted by atomic mass is 14.8. The minimum Gasteiger partial charge on any atom is -0.361 e. The Kier molecular flexibility index (Phi) is 5.33. The molecule has 1 rings (SSSR count). The summed E-state index contributed by atoms with van der Waals surface area (Å²) in [6.07, 6.45) is 8.81.